The topological polar surface area (TPSA) is 17.1 Å². The van der Waals surface area contributed by atoms with Crippen LogP contribution in [0.3, 0.4) is 0 Å². The second-order valence-corrected chi connectivity index (χ2v) is 7.81. The highest BCUT2D eigenvalue weighted by molar-refractivity contribution is 5.94. The molecule has 4 atom stereocenters. The van der Waals surface area contributed by atoms with Crippen molar-refractivity contribution in [1.82, 2.24) is 0 Å². The Bertz CT molecular complexity index is 615. The van der Waals surface area contributed by atoms with Gasteiger partial charge in [-0.15, -0.1) is 0 Å². The van der Waals surface area contributed by atoms with E-state index in [4.69, 9.17) is 0 Å². The van der Waals surface area contributed by atoms with Crippen LogP contribution in [0.25, 0.3) is 0 Å². The molecule has 0 aromatic heterocycles. The monoisotopic (exact) mass is 281 g/mol. The average Bonchev–Trinajstić information content (AvgIpc) is 2.76. The first-order valence-corrected chi connectivity index (χ1v) is 8.48. The number of ketones is 1. The predicted octanol–water partition coefficient (Wildman–Crippen LogP) is 4.54. The summed E-state index contributed by atoms with van der Waals surface area (Å²) in [5, 5.41) is 0. The summed E-state index contributed by atoms with van der Waals surface area (Å²) in [6, 6.07) is 4.87. The second kappa shape index (κ2) is 4.38. The Balaban J connectivity index is 1.75. The summed E-state index contributed by atoms with van der Waals surface area (Å²) < 4.78 is 0. The van der Waals surface area contributed by atoms with E-state index in [9.17, 15) is 4.79 Å². The highest BCUT2D eigenvalue weighted by Crippen LogP contribution is 2.59. The Morgan fingerprint density at radius 2 is 1.95 bits per heavy atom. The van der Waals surface area contributed by atoms with Crippen LogP contribution in [0.4, 0.5) is 0 Å². The van der Waals surface area contributed by atoms with Crippen molar-refractivity contribution in [3.63, 3.8) is 0 Å². The number of benzene rings is 1. The average molecular weight is 281 g/mol. The first kappa shape index (κ1) is 13.4. The minimum absolute atomic E-state index is 0.0432. The van der Waals surface area contributed by atoms with E-state index >= 15 is 0 Å². The molecule has 0 saturated heterocycles. The molecule has 0 heterocycles. The van der Waals surface area contributed by atoms with Gasteiger partial charge in [-0.25, -0.2) is 4.79 Å². The Morgan fingerprint density at radius 3 is 2.76 bits per heavy atom. The number of Topliss-reactive ketones (excluding diaryl/α,β-unsaturated/α-hetero) is 1. The summed E-state index contributed by atoms with van der Waals surface area (Å²) in [6.45, 7) is 6.69. The molecule has 110 valence electrons. The van der Waals surface area contributed by atoms with Gasteiger partial charge in [0.15, 0.2) is 0 Å². The minimum atomic E-state index is -0.0432. The first-order valence-electron chi connectivity index (χ1n) is 8.48. The molecule has 1 aromatic carbocycles. The van der Waals surface area contributed by atoms with Crippen LogP contribution < -0.4 is 0 Å². The Labute approximate surface area is 128 Å². The minimum Gasteiger partial charge on any atom is -0.243 e. The molecule has 3 aliphatic carbocycles. The molecule has 1 aromatic rings. The lowest BCUT2D eigenvalue weighted by Crippen LogP contribution is -2.42. The van der Waals surface area contributed by atoms with E-state index < -0.39 is 0 Å². The molecule has 0 N–H and O–H groups in total. The smallest absolute Gasteiger partial charge is 0.243 e. The molecule has 1 heteroatoms. The summed E-state index contributed by atoms with van der Waals surface area (Å²) in [5.74, 6) is 2.45. The van der Waals surface area contributed by atoms with Crippen molar-refractivity contribution in [1.29, 1.82) is 0 Å². The second-order valence-electron chi connectivity index (χ2n) is 7.81. The fourth-order valence-corrected chi connectivity index (χ4v) is 5.39. The van der Waals surface area contributed by atoms with Crippen molar-refractivity contribution in [3.05, 3.63) is 40.8 Å². The molecule has 0 amide bonds. The van der Waals surface area contributed by atoms with Crippen molar-refractivity contribution in [2.24, 2.45) is 17.3 Å². The van der Waals surface area contributed by atoms with Gasteiger partial charge in [0.2, 0.25) is 0 Å². The highest BCUT2D eigenvalue weighted by atomic mass is 16.1. The number of hydrogen-bond acceptors (Lipinski definition) is 1. The molecule has 0 radical (unpaired) electrons. The zero-order valence-corrected chi connectivity index (χ0v) is 13.4. The number of carbonyl (C=O) groups is 1. The summed E-state index contributed by atoms with van der Waals surface area (Å²) >= 11 is 0. The maximum Gasteiger partial charge on any atom is 0.312 e. The van der Waals surface area contributed by atoms with Crippen LogP contribution in [0.2, 0.25) is 0 Å². The van der Waals surface area contributed by atoms with Gasteiger partial charge >= 0.3 is 5.78 Å². The van der Waals surface area contributed by atoms with Crippen LogP contribution in [0.5, 0.6) is 0 Å². The Kier molecular flexibility index (Phi) is 2.80. The van der Waals surface area contributed by atoms with Gasteiger partial charge in [0, 0.05) is 5.92 Å². The number of carbonyl (C=O) groups excluding carboxylic acids is 1. The first-order chi connectivity index (χ1) is 10.0. The van der Waals surface area contributed by atoms with E-state index in [1.165, 1.54) is 30.4 Å². The third-order valence-corrected chi connectivity index (χ3v) is 6.85. The van der Waals surface area contributed by atoms with Gasteiger partial charge in [0.05, 0.1) is 5.41 Å². The molecule has 21 heavy (non-hydrogen) atoms. The molecule has 0 bridgehead atoms. The van der Waals surface area contributed by atoms with Crippen LogP contribution >= 0.6 is 0 Å². The standard InChI is InChI=1S/C20H25O/c1-12-10-14-4-5-16-15(17(14)11-13(12)2)8-9-20(3)18(16)6-7-19(20)21/h7,10-11,15-16,18H,4-6,8-9H2,1-3H3/q+1/t15-,16+,18-,20-/m0/s1. The largest absolute Gasteiger partial charge is 0.312 e. The number of hydrogen-bond donors (Lipinski definition) is 0. The van der Waals surface area contributed by atoms with Crippen LogP contribution in [-0.2, 0) is 11.2 Å². The molecule has 0 spiro atoms. The van der Waals surface area contributed by atoms with E-state index in [2.05, 4.69) is 32.9 Å². The SMILES string of the molecule is Cc1cc2c(cc1C)[C@H]1CC[C@]3(C)C(=O)[CH+]C[C@H]3[C@@H]1CC2. The summed E-state index contributed by atoms with van der Waals surface area (Å²) in [4.78, 5) is 12.3. The quantitative estimate of drug-likeness (QED) is 0.638. The number of fused-ring (bicyclic) bond motifs is 5. The van der Waals surface area contributed by atoms with Crippen molar-refractivity contribution >= 4 is 5.78 Å². The van der Waals surface area contributed by atoms with Gasteiger partial charge in [-0.2, -0.15) is 0 Å². The zero-order valence-electron chi connectivity index (χ0n) is 13.4. The van der Waals surface area contributed by atoms with E-state index in [0.29, 0.717) is 17.6 Å². The van der Waals surface area contributed by atoms with Crippen molar-refractivity contribution in [3.8, 4) is 0 Å². The van der Waals surface area contributed by atoms with Gasteiger partial charge in [-0.05, 0) is 80.5 Å². The molecule has 3 aliphatic rings. The van der Waals surface area contributed by atoms with Crippen molar-refractivity contribution in [2.75, 3.05) is 0 Å². The summed E-state index contributed by atoms with van der Waals surface area (Å²) in [7, 11) is 0. The number of aryl methyl sites for hydroxylation is 3. The van der Waals surface area contributed by atoms with E-state index in [1.807, 2.05) is 6.42 Å². The van der Waals surface area contributed by atoms with Gasteiger partial charge < -0.3 is 0 Å². The van der Waals surface area contributed by atoms with Crippen LogP contribution in [-0.4, -0.2) is 5.78 Å². The molecule has 2 saturated carbocycles. The predicted molar refractivity (Wildman–Crippen MR) is 85.2 cm³/mol. The molecule has 0 aliphatic heterocycles. The Hall–Kier alpha value is -1.24. The fraction of sp³-hybridized carbons (Fsp3) is 0.600. The zero-order chi connectivity index (χ0) is 14.8. The van der Waals surface area contributed by atoms with Crippen molar-refractivity contribution in [2.45, 2.75) is 58.8 Å². The van der Waals surface area contributed by atoms with E-state index in [1.54, 1.807) is 11.1 Å². The van der Waals surface area contributed by atoms with Crippen LogP contribution in [0.15, 0.2) is 12.1 Å². The van der Waals surface area contributed by atoms with E-state index in [-0.39, 0.29) is 5.41 Å². The molecular formula is C20H25O+. The lowest BCUT2D eigenvalue weighted by Gasteiger charge is -2.46. The summed E-state index contributed by atoms with van der Waals surface area (Å²) in [6.07, 6.45) is 7.78. The van der Waals surface area contributed by atoms with Gasteiger partial charge in [-0.3, -0.25) is 0 Å². The van der Waals surface area contributed by atoms with Gasteiger partial charge in [-0.1, -0.05) is 12.1 Å². The third kappa shape index (κ3) is 1.76. The lowest BCUT2D eigenvalue weighted by atomic mass is 9.55. The maximum atomic E-state index is 12.3. The molecule has 2 fully saturated rings. The van der Waals surface area contributed by atoms with Crippen LogP contribution in [0, 0.1) is 37.5 Å². The third-order valence-electron chi connectivity index (χ3n) is 6.85. The summed E-state index contributed by atoms with van der Waals surface area (Å²) in [5.41, 5.74) is 6.00. The van der Waals surface area contributed by atoms with Crippen LogP contribution in [0.1, 0.15) is 60.8 Å². The van der Waals surface area contributed by atoms with E-state index in [0.717, 1.165) is 18.8 Å². The number of rotatable bonds is 0. The highest BCUT2D eigenvalue weighted by Gasteiger charge is 2.59. The molecular weight excluding hydrogens is 256 g/mol. The maximum absolute atomic E-state index is 12.3. The van der Waals surface area contributed by atoms with Gasteiger partial charge in [0.25, 0.3) is 0 Å². The van der Waals surface area contributed by atoms with Gasteiger partial charge in [0.1, 0.15) is 12.8 Å². The Morgan fingerprint density at radius 1 is 1.19 bits per heavy atom. The molecule has 4 rings (SSSR count). The van der Waals surface area contributed by atoms with Crippen molar-refractivity contribution < 1.29 is 4.79 Å². The fourth-order valence-electron chi connectivity index (χ4n) is 5.39. The molecule has 1 nitrogen and oxygen atoms in total. The lowest BCUT2D eigenvalue weighted by molar-refractivity contribution is -0.127. The normalized spacial score (nSPS) is 37.5. The molecule has 0 unspecified atom stereocenters.